The summed E-state index contributed by atoms with van der Waals surface area (Å²) in [5.74, 6) is 0.560. The van der Waals surface area contributed by atoms with Crippen molar-refractivity contribution in [3.8, 4) is 0 Å². The van der Waals surface area contributed by atoms with Gasteiger partial charge in [-0.05, 0) is 12.3 Å². The van der Waals surface area contributed by atoms with Crippen molar-refractivity contribution in [1.29, 1.82) is 0 Å². The summed E-state index contributed by atoms with van der Waals surface area (Å²) in [6.07, 6.45) is 11.8. The molecule has 1 unspecified atom stereocenters. The van der Waals surface area contributed by atoms with Crippen LogP contribution in [0.15, 0.2) is 0 Å². The Morgan fingerprint density at radius 2 is 1.25 bits per heavy atom. The molecule has 0 rings (SSSR count). The molecule has 0 bridgehead atoms. The van der Waals surface area contributed by atoms with Gasteiger partial charge >= 0.3 is 0 Å². The van der Waals surface area contributed by atoms with Gasteiger partial charge in [-0.15, -0.1) is 0 Å². The summed E-state index contributed by atoms with van der Waals surface area (Å²) < 4.78 is 0. The quantitative estimate of drug-likeness (QED) is 0.542. The third-order valence-electron chi connectivity index (χ3n) is 3.01. The standard InChI is InChI=1S/C8H18O.C7H16/c1-3-5-6-8(4-2)7-9;1-3-5-7-6-4-2/h8-9H,3-7H2,1-2H3;3-7H2,1-2H3. The zero-order valence-electron chi connectivity index (χ0n) is 12.1. The molecule has 0 aromatic carbocycles. The second-order valence-corrected chi connectivity index (χ2v) is 4.66. The highest BCUT2D eigenvalue weighted by Crippen LogP contribution is 2.10. The van der Waals surface area contributed by atoms with E-state index < -0.39 is 0 Å². The lowest BCUT2D eigenvalue weighted by atomic mass is 10.0. The van der Waals surface area contributed by atoms with Crippen molar-refractivity contribution in [3.63, 3.8) is 0 Å². The van der Waals surface area contributed by atoms with Crippen molar-refractivity contribution in [2.75, 3.05) is 6.61 Å². The largest absolute Gasteiger partial charge is 0.396 e. The van der Waals surface area contributed by atoms with Gasteiger partial charge in [0.2, 0.25) is 0 Å². The van der Waals surface area contributed by atoms with Crippen LogP contribution in [-0.4, -0.2) is 11.7 Å². The fourth-order valence-electron chi connectivity index (χ4n) is 1.59. The molecule has 16 heavy (non-hydrogen) atoms. The Bertz CT molecular complexity index is 93.6. The summed E-state index contributed by atoms with van der Waals surface area (Å²) in [4.78, 5) is 0. The van der Waals surface area contributed by atoms with Gasteiger partial charge in [0.15, 0.2) is 0 Å². The summed E-state index contributed by atoms with van der Waals surface area (Å²) in [6, 6.07) is 0. The maximum absolute atomic E-state index is 8.75. The van der Waals surface area contributed by atoms with Crippen molar-refractivity contribution < 1.29 is 5.11 Å². The monoisotopic (exact) mass is 230 g/mol. The van der Waals surface area contributed by atoms with E-state index in [1.54, 1.807) is 0 Å². The minimum absolute atomic E-state index is 0.372. The molecule has 0 radical (unpaired) electrons. The number of aliphatic hydroxyl groups excluding tert-OH is 1. The van der Waals surface area contributed by atoms with Gasteiger partial charge in [0.25, 0.3) is 0 Å². The van der Waals surface area contributed by atoms with Gasteiger partial charge in [-0.1, -0.05) is 79.1 Å². The smallest absolute Gasteiger partial charge is 0.0459 e. The van der Waals surface area contributed by atoms with Gasteiger partial charge in [-0.25, -0.2) is 0 Å². The van der Waals surface area contributed by atoms with Crippen LogP contribution in [0.3, 0.4) is 0 Å². The second kappa shape index (κ2) is 17.4. The topological polar surface area (TPSA) is 20.2 Å². The molecule has 0 fully saturated rings. The van der Waals surface area contributed by atoms with Crippen LogP contribution in [-0.2, 0) is 0 Å². The molecule has 0 amide bonds. The van der Waals surface area contributed by atoms with Gasteiger partial charge in [0.1, 0.15) is 0 Å². The second-order valence-electron chi connectivity index (χ2n) is 4.66. The molecule has 100 valence electrons. The number of hydrogen-bond donors (Lipinski definition) is 1. The SMILES string of the molecule is CCCCC(CC)CO.CCCCCCC. The van der Waals surface area contributed by atoms with E-state index in [0.29, 0.717) is 12.5 Å². The number of hydrogen-bond acceptors (Lipinski definition) is 1. The van der Waals surface area contributed by atoms with Crippen LogP contribution in [0.25, 0.3) is 0 Å². The maximum atomic E-state index is 8.75. The zero-order chi connectivity index (χ0) is 12.6. The van der Waals surface area contributed by atoms with Crippen LogP contribution in [0.4, 0.5) is 0 Å². The molecule has 1 N–H and O–H groups in total. The Labute approximate surface area is 104 Å². The van der Waals surface area contributed by atoms with Gasteiger partial charge in [0, 0.05) is 6.61 Å². The third kappa shape index (κ3) is 16.4. The minimum atomic E-state index is 0.372. The first-order valence-electron chi connectivity index (χ1n) is 7.37. The fraction of sp³-hybridized carbons (Fsp3) is 1.00. The van der Waals surface area contributed by atoms with Crippen LogP contribution >= 0.6 is 0 Å². The van der Waals surface area contributed by atoms with E-state index in [1.807, 2.05) is 0 Å². The number of aliphatic hydroxyl groups is 1. The Morgan fingerprint density at radius 3 is 1.56 bits per heavy atom. The molecule has 1 atom stereocenters. The van der Waals surface area contributed by atoms with E-state index in [0.717, 1.165) is 6.42 Å². The average Bonchev–Trinajstić information content (AvgIpc) is 2.32. The minimum Gasteiger partial charge on any atom is -0.396 e. The van der Waals surface area contributed by atoms with Crippen LogP contribution < -0.4 is 0 Å². The van der Waals surface area contributed by atoms with Crippen LogP contribution in [0, 0.1) is 5.92 Å². The zero-order valence-corrected chi connectivity index (χ0v) is 12.1. The lowest BCUT2D eigenvalue weighted by Gasteiger charge is -2.08. The van der Waals surface area contributed by atoms with Crippen molar-refractivity contribution >= 4 is 0 Å². The molecule has 0 saturated carbocycles. The van der Waals surface area contributed by atoms with E-state index in [-0.39, 0.29) is 0 Å². The van der Waals surface area contributed by atoms with Crippen LogP contribution in [0.5, 0.6) is 0 Å². The Hall–Kier alpha value is -0.0400. The van der Waals surface area contributed by atoms with Gasteiger partial charge in [-0.2, -0.15) is 0 Å². The molecular formula is C15H34O. The van der Waals surface area contributed by atoms with Crippen molar-refractivity contribution in [2.45, 2.75) is 85.5 Å². The first kappa shape index (κ1) is 18.3. The van der Waals surface area contributed by atoms with Crippen LogP contribution in [0.1, 0.15) is 85.5 Å². The summed E-state index contributed by atoms with van der Waals surface area (Å²) in [6.45, 7) is 9.18. The predicted octanol–water partition coefficient (Wildman–Crippen LogP) is 5.17. The maximum Gasteiger partial charge on any atom is 0.0459 e. The van der Waals surface area contributed by atoms with E-state index in [9.17, 15) is 0 Å². The first-order valence-corrected chi connectivity index (χ1v) is 7.37. The van der Waals surface area contributed by atoms with E-state index >= 15 is 0 Å². The Kier molecular flexibility index (Phi) is 19.9. The molecule has 0 saturated heterocycles. The summed E-state index contributed by atoms with van der Waals surface area (Å²) in [5, 5.41) is 8.75. The molecule has 0 aliphatic carbocycles. The summed E-state index contributed by atoms with van der Waals surface area (Å²) in [5.41, 5.74) is 0. The highest BCUT2D eigenvalue weighted by molar-refractivity contribution is 4.53. The number of unbranched alkanes of at least 4 members (excludes halogenated alkanes) is 5. The average molecular weight is 230 g/mol. The van der Waals surface area contributed by atoms with E-state index in [2.05, 4.69) is 27.7 Å². The van der Waals surface area contributed by atoms with Crippen molar-refractivity contribution in [1.82, 2.24) is 0 Å². The Morgan fingerprint density at radius 1 is 0.750 bits per heavy atom. The highest BCUT2D eigenvalue weighted by Gasteiger charge is 2.01. The normalized spacial score (nSPS) is 11.8. The molecular weight excluding hydrogens is 196 g/mol. The van der Waals surface area contributed by atoms with Crippen molar-refractivity contribution in [2.24, 2.45) is 5.92 Å². The molecule has 0 spiro atoms. The first-order chi connectivity index (χ1) is 7.76. The highest BCUT2D eigenvalue weighted by atomic mass is 16.3. The van der Waals surface area contributed by atoms with Gasteiger partial charge in [0.05, 0.1) is 0 Å². The summed E-state index contributed by atoms with van der Waals surface area (Å²) in [7, 11) is 0. The lowest BCUT2D eigenvalue weighted by Crippen LogP contribution is -2.03. The fourth-order valence-corrected chi connectivity index (χ4v) is 1.59. The van der Waals surface area contributed by atoms with E-state index in [4.69, 9.17) is 5.11 Å². The number of rotatable bonds is 9. The Balaban J connectivity index is 0. The molecule has 0 aromatic rings. The summed E-state index contributed by atoms with van der Waals surface area (Å²) >= 11 is 0. The lowest BCUT2D eigenvalue weighted by molar-refractivity contribution is 0.212. The molecule has 0 aromatic heterocycles. The van der Waals surface area contributed by atoms with E-state index in [1.165, 1.54) is 51.4 Å². The van der Waals surface area contributed by atoms with Gasteiger partial charge in [-0.3, -0.25) is 0 Å². The van der Waals surface area contributed by atoms with Gasteiger partial charge < -0.3 is 5.11 Å². The molecule has 1 heteroatoms. The molecule has 0 heterocycles. The molecule has 0 aliphatic heterocycles. The third-order valence-corrected chi connectivity index (χ3v) is 3.01. The van der Waals surface area contributed by atoms with Crippen LogP contribution in [0.2, 0.25) is 0 Å². The van der Waals surface area contributed by atoms with Crippen molar-refractivity contribution in [3.05, 3.63) is 0 Å². The molecule has 1 nitrogen and oxygen atoms in total. The molecule has 0 aliphatic rings. The predicted molar refractivity (Wildman–Crippen MR) is 74.8 cm³/mol.